The van der Waals surface area contributed by atoms with Crippen molar-refractivity contribution in [3.05, 3.63) is 36.2 Å². The van der Waals surface area contributed by atoms with Crippen LogP contribution in [0.3, 0.4) is 0 Å². The van der Waals surface area contributed by atoms with E-state index < -0.39 is 0 Å². The fraction of sp³-hybridized carbons (Fsp3) is 0.111. The van der Waals surface area contributed by atoms with Crippen molar-refractivity contribution in [2.24, 2.45) is 0 Å². The quantitative estimate of drug-likeness (QED) is 0.630. The molecule has 0 saturated heterocycles. The third-order valence-electron chi connectivity index (χ3n) is 1.59. The predicted molar refractivity (Wildman–Crippen MR) is 45.5 cm³/mol. The number of hydrogen-bond donors (Lipinski definition) is 0. The van der Waals surface area contributed by atoms with Crippen LogP contribution in [-0.2, 0) is 0 Å². The molecule has 3 nitrogen and oxygen atoms in total. The summed E-state index contributed by atoms with van der Waals surface area (Å²) >= 11 is 0. The molecule has 2 aromatic rings. The van der Waals surface area contributed by atoms with Crippen molar-refractivity contribution in [3.8, 4) is 11.4 Å². The molecule has 60 valence electrons. The summed E-state index contributed by atoms with van der Waals surface area (Å²) in [5, 5.41) is 7.76. The van der Waals surface area contributed by atoms with E-state index in [2.05, 4.69) is 15.2 Å². The minimum absolute atomic E-state index is 0.702. The first kappa shape index (κ1) is 7.03. The summed E-state index contributed by atoms with van der Waals surface area (Å²) in [5.74, 6) is 1.42. The molecule has 0 unspecified atom stereocenters. The second-order valence-electron chi connectivity index (χ2n) is 2.55. The number of rotatable bonds is 1. The number of benzene rings is 1. The molecule has 0 spiro atoms. The first-order valence-electron chi connectivity index (χ1n) is 3.76. The van der Waals surface area contributed by atoms with Crippen LogP contribution < -0.4 is 4.98 Å². The molecule has 0 bridgehead atoms. The van der Waals surface area contributed by atoms with Gasteiger partial charge in [0, 0.05) is 5.82 Å². The van der Waals surface area contributed by atoms with Crippen molar-refractivity contribution < 1.29 is 0 Å². The summed E-state index contributed by atoms with van der Waals surface area (Å²) in [5.41, 5.74) is 1.01. The third kappa shape index (κ3) is 1.21. The highest BCUT2D eigenvalue weighted by Crippen LogP contribution is 2.11. The lowest BCUT2D eigenvalue weighted by atomic mass is 10.2. The van der Waals surface area contributed by atoms with Gasteiger partial charge in [0.25, 0.3) is 0 Å². The van der Waals surface area contributed by atoms with Crippen LogP contribution in [0.2, 0.25) is 0 Å². The molecule has 1 aromatic carbocycles. The highest BCUT2D eigenvalue weighted by Gasteiger charge is 1.91. The molecule has 0 aliphatic rings. The summed E-state index contributed by atoms with van der Waals surface area (Å²) < 4.78 is 0. The maximum Gasteiger partial charge on any atom is 0.0196 e. The van der Waals surface area contributed by atoms with E-state index in [-0.39, 0.29) is 0 Å². The van der Waals surface area contributed by atoms with Crippen LogP contribution in [-0.4, -0.2) is 10.2 Å². The number of aryl methyl sites for hydroxylation is 1. The summed E-state index contributed by atoms with van der Waals surface area (Å²) in [4.78, 5) is 4.16. The lowest BCUT2D eigenvalue weighted by Crippen LogP contribution is -1.81. The third-order valence-corrected chi connectivity index (χ3v) is 1.59. The Bertz CT molecular complexity index is 364. The molecular formula is C9H8N3-. The molecular weight excluding hydrogens is 150 g/mol. The van der Waals surface area contributed by atoms with Crippen molar-refractivity contribution in [1.82, 2.24) is 15.2 Å². The van der Waals surface area contributed by atoms with Crippen LogP contribution in [0.1, 0.15) is 5.82 Å². The van der Waals surface area contributed by atoms with Crippen molar-refractivity contribution in [2.45, 2.75) is 6.92 Å². The maximum atomic E-state index is 4.16. The van der Waals surface area contributed by atoms with Gasteiger partial charge in [-0.15, -0.1) is 0 Å². The second kappa shape index (κ2) is 2.77. The minimum atomic E-state index is 0.702. The number of nitrogens with zero attached hydrogens (tertiary/aromatic N) is 3. The standard InChI is InChI=1S/C9H8N3/c1-7-10-9(12-11-7)8-5-3-2-4-6-8/h2-6H,1H3/q-1. The molecule has 0 saturated carbocycles. The van der Waals surface area contributed by atoms with Gasteiger partial charge < -0.3 is 15.2 Å². The fourth-order valence-electron chi connectivity index (χ4n) is 1.03. The number of aromatic nitrogens is 3. The summed E-state index contributed by atoms with van der Waals surface area (Å²) in [6.07, 6.45) is 0. The number of hydrogen-bond acceptors (Lipinski definition) is 2. The molecule has 0 atom stereocenters. The van der Waals surface area contributed by atoms with E-state index in [1.54, 1.807) is 0 Å². The first-order chi connectivity index (χ1) is 5.86. The predicted octanol–water partition coefficient (Wildman–Crippen LogP) is 1.41. The molecule has 1 heterocycles. The van der Waals surface area contributed by atoms with Crippen LogP contribution >= 0.6 is 0 Å². The van der Waals surface area contributed by atoms with Gasteiger partial charge in [0.2, 0.25) is 0 Å². The van der Waals surface area contributed by atoms with Gasteiger partial charge in [0.1, 0.15) is 0 Å². The smallest absolute Gasteiger partial charge is 0.0196 e. The SMILES string of the molecule is Cc1nnc(-c2ccccc2)[n-]1. The zero-order valence-corrected chi connectivity index (χ0v) is 6.73. The topological polar surface area (TPSA) is 39.9 Å². The van der Waals surface area contributed by atoms with Gasteiger partial charge >= 0.3 is 0 Å². The normalized spacial score (nSPS) is 10.1. The Morgan fingerprint density at radius 1 is 1.08 bits per heavy atom. The molecule has 0 amide bonds. The molecule has 1 aromatic heterocycles. The summed E-state index contributed by atoms with van der Waals surface area (Å²) in [6, 6.07) is 9.82. The second-order valence-corrected chi connectivity index (χ2v) is 2.55. The molecule has 3 heteroatoms. The van der Waals surface area contributed by atoms with Gasteiger partial charge in [0.15, 0.2) is 0 Å². The van der Waals surface area contributed by atoms with Gasteiger partial charge in [0.05, 0.1) is 0 Å². The molecule has 0 aliphatic carbocycles. The van der Waals surface area contributed by atoms with Gasteiger partial charge in [-0.1, -0.05) is 30.3 Å². The lowest BCUT2D eigenvalue weighted by Gasteiger charge is -1.98. The van der Waals surface area contributed by atoms with Crippen molar-refractivity contribution >= 4 is 0 Å². The van der Waals surface area contributed by atoms with Crippen molar-refractivity contribution in [1.29, 1.82) is 0 Å². The van der Waals surface area contributed by atoms with E-state index in [4.69, 9.17) is 0 Å². The summed E-state index contributed by atoms with van der Waals surface area (Å²) in [7, 11) is 0. The fourth-order valence-corrected chi connectivity index (χ4v) is 1.03. The Hall–Kier alpha value is -1.64. The Balaban J connectivity index is 2.45. The van der Waals surface area contributed by atoms with Crippen LogP contribution in [0.4, 0.5) is 0 Å². The van der Waals surface area contributed by atoms with Gasteiger partial charge in [-0.25, -0.2) is 0 Å². The Kier molecular flexibility index (Phi) is 1.63. The van der Waals surface area contributed by atoms with Crippen molar-refractivity contribution in [3.63, 3.8) is 0 Å². The van der Waals surface area contributed by atoms with E-state index in [1.165, 1.54) is 0 Å². The summed E-state index contributed by atoms with van der Waals surface area (Å²) in [6.45, 7) is 1.83. The van der Waals surface area contributed by atoms with Gasteiger partial charge in [-0.3, -0.25) is 0 Å². The lowest BCUT2D eigenvalue weighted by molar-refractivity contribution is 1.04. The Labute approximate surface area is 70.5 Å². The molecule has 12 heavy (non-hydrogen) atoms. The van der Waals surface area contributed by atoms with Crippen LogP contribution in [0.25, 0.3) is 11.4 Å². The highest BCUT2D eigenvalue weighted by molar-refractivity contribution is 5.53. The van der Waals surface area contributed by atoms with Crippen LogP contribution in [0.5, 0.6) is 0 Å². The van der Waals surface area contributed by atoms with E-state index in [9.17, 15) is 0 Å². The first-order valence-corrected chi connectivity index (χ1v) is 3.76. The largest absolute Gasteiger partial charge is 0.362 e. The monoisotopic (exact) mass is 158 g/mol. The Morgan fingerprint density at radius 2 is 1.83 bits per heavy atom. The van der Waals surface area contributed by atoms with Gasteiger partial charge in [-0.2, -0.15) is 0 Å². The minimum Gasteiger partial charge on any atom is -0.362 e. The molecule has 2 rings (SSSR count). The van der Waals surface area contributed by atoms with Crippen LogP contribution in [0.15, 0.2) is 30.3 Å². The van der Waals surface area contributed by atoms with E-state index >= 15 is 0 Å². The van der Waals surface area contributed by atoms with Crippen molar-refractivity contribution in [2.75, 3.05) is 0 Å². The highest BCUT2D eigenvalue weighted by atomic mass is 15.2. The molecule has 0 N–H and O–H groups in total. The molecule has 0 fully saturated rings. The van der Waals surface area contributed by atoms with E-state index in [1.807, 2.05) is 37.3 Å². The van der Waals surface area contributed by atoms with E-state index in [0.717, 1.165) is 5.56 Å². The average molecular weight is 158 g/mol. The Morgan fingerprint density at radius 3 is 2.42 bits per heavy atom. The van der Waals surface area contributed by atoms with Crippen LogP contribution in [0, 0.1) is 6.92 Å². The van der Waals surface area contributed by atoms with E-state index in [0.29, 0.717) is 11.6 Å². The maximum absolute atomic E-state index is 4.16. The zero-order chi connectivity index (χ0) is 8.39. The average Bonchev–Trinajstić information content (AvgIpc) is 2.54. The molecule has 0 radical (unpaired) electrons. The molecule has 0 aliphatic heterocycles. The zero-order valence-electron chi connectivity index (χ0n) is 6.73. The van der Waals surface area contributed by atoms with Gasteiger partial charge in [-0.05, 0) is 18.3 Å².